The normalized spacial score (nSPS) is 23.7. The van der Waals surface area contributed by atoms with Crippen LogP contribution in [0, 0.1) is 5.92 Å². The van der Waals surface area contributed by atoms with E-state index in [1.165, 1.54) is 50.5 Å². The van der Waals surface area contributed by atoms with Gasteiger partial charge in [-0.2, -0.15) is 0 Å². The fourth-order valence-electron chi connectivity index (χ4n) is 3.29. The Morgan fingerprint density at radius 1 is 1.43 bits per heavy atom. The van der Waals surface area contributed by atoms with Crippen molar-refractivity contribution in [1.29, 1.82) is 0 Å². The van der Waals surface area contributed by atoms with Crippen molar-refractivity contribution in [2.45, 2.75) is 64.0 Å². The number of hydrogen-bond donors (Lipinski definition) is 1. The molecule has 1 aromatic heterocycles. The van der Waals surface area contributed by atoms with Crippen LogP contribution in [-0.4, -0.2) is 19.1 Å². The second-order valence-corrected chi connectivity index (χ2v) is 7.00. The van der Waals surface area contributed by atoms with Gasteiger partial charge < -0.3 is 10.1 Å². The fraction of sp³-hybridized carbons (Fsp3) is 0.706. The number of ether oxygens (including phenoxy) is 1. The van der Waals surface area contributed by atoms with Gasteiger partial charge in [0, 0.05) is 10.9 Å². The van der Waals surface area contributed by atoms with E-state index >= 15 is 0 Å². The third-order valence-corrected chi connectivity index (χ3v) is 5.45. The highest BCUT2D eigenvalue weighted by Gasteiger charge is 2.25. The lowest BCUT2D eigenvalue weighted by atomic mass is 9.83. The smallest absolute Gasteiger partial charge is 0.307 e. The first-order chi connectivity index (χ1) is 10.2. The molecule has 1 saturated carbocycles. The predicted octanol–water partition coefficient (Wildman–Crippen LogP) is 4.30. The molecule has 0 saturated heterocycles. The summed E-state index contributed by atoms with van der Waals surface area (Å²) >= 11 is 1.71. The highest BCUT2D eigenvalue weighted by atomic mass is 32.1. The van der Waals surface area contributed by atoms with Crippen LogP contribution >= 0.6 is 11.3 Å². The van der Waals surface area contributed by atoms with Gasteiger partial charge in [-0.25, -0.2) is 0 Å². The number of esters is 1. The first-order valence-corrected chi connectivity index (χ1v) is 8.97. The van der Waals surface area contributed by atoms with Gasteiger partial charge in [-0.05, 0) is 43.0 Å². The van der Waals surface area contributed by atoms with Crippen LogP contribution in [-0.2, 0) is 9.53 Å². The molecule has 1 fully saturated rings. The van der Waals surface area contributed by atoms with Crippen LogP contribution in [0.1, 0.15) is 62.8 Å². The maximum Gasteiger partial charge on any atom is 0.307 e. The topological polar surface area (TPSA) is 38.3 Å². The van der Waals surface area contributed by atoms with E-state index in [0.29, 0.717) is 12.5 Å². The Labute approximate surface area is 132 Å². The van der Waals surface area contributed by atoms with Gasteiger partial charge in [0.1, 0.15) is 0 Å². The van der Waals surface area contributed by atoms with Crippen molar-refractivity contribution in [3.8, 4) is 0 Å². The van der Waals surface area contributed by atoms with E-state index in [1.54, 1.807) is 11.3 Å². The summed E-state index contributed by atoms with van der Waals surface area (Å²) in [7, 11) is 1.46. The van der Waals surface area contributed by atoms with E-state index in [2.05, 4.69) is 23.7 Å². The van der Waals surface area contributed by atoms with Gasteiger partial charge in [-0.1, -0.05) is 25.8 Å². The third kappa shape index (κ3) is 5.11. The summed E-state index contributed by atoms with van der Waals surface area (Å²) in [5.74, 6) is 0.773. The molecule has 2 rings (SSSR count). The van der Waals surface area contributed by atoms with Crippen LogP contribution in [0.4, 0.5) is 0 Å². The van der Waals surface area contributed by atoms with E-state index in [0.717, 1.165) is 5.92 Å². The Balaban J connectivity index is 1.89. The van der Waals surface area contributed by atoms with Crippen LogP contribution in [0.3, 0.4) is 0 Å². The summed E-state index contributed by atoms with van der Waals surface area (Å²) < 4.78 is 4.84. The summed E-state index contributed by atoms with van der Waals surface area (Å²) in [6, 6.07) is 4.79. The first kappa shape index (κ1) is 16.5. The number of methoxy groups -OCH3 is 1. The van der Waals surface area contributed by atoms with Crippen molar-refractivity contribution in [1.82, 2.24) is 5.32 Å². The predicted molar refractivity (Wildman–Crippen MR) is 87.5 cm³/mol. The molecule has 21 heavy (non-hydrogen) atoms. The molecule has 0 radical (unpaired) electrons. The quantitative estimate of drug-likeness (QED) is 0.763. The van der Waals surface area contributed by atoms with Gasteiger partial charge in [-0.3, -0.25) is 4.79 Å². The molecular weight excluding hydrogens is 282 g/mol. The van der Waals surface area contributed by atoms with E-state index < -0.39 is 0 Å². The average molecular weight is 309 g/mol. The fourth-order valence-corrected chi connectivity index (χ4v) is 4.08. The summed E-state index contributed by atoms with van der Waals surface area (Å²) in [5.41, 5.74) is 0. The molecule has 1 N–H and O–H groups in total. The zero-order valence-corrected chi connectivity index (χ0v) is 14.0. The minimum atomic E-state index is -0.138. The van der Waals surface area contributed by atoms with Gasteiger partial charge in [-0.15, -0.1) is 11.3 Å². The summed E-state index contributed by atoms with van der Waals surface area (Å²) in [4.78, 5) is 12.9. The molecule has 0 aliphatic heterocycles. The monoisotopic (exact) mass is 309 g/mol. The van der Waals surface area contributed by atoms with Crippen LogP contribution < -0.4 is 5.32 Å². The lowest BCUT2D eigenvalue weighted by Gasteiger charge is -2.31. The largest absolute Gasteiger partial charge is 0.469 e. The molecule has 3 nitrogen and oxygen atoms in total. The molecule has 1 aliphatic rings. The second kappa shape index (κ2) is 8.54. The molecule has 4 heteroatoms. The molecule has 0 bridgehead atoms. The van der Waals surface area contributed by atoms with Gasteiger partial charge >= 0.3 is 5.97 Å². The molecule has 1 aliphatic carbocycles. The zero-order chi connectivity index (χ0) is 15.1. The molecular formula is C17H27NO2S. The average Bonchev–Trinajstić information content (AvgIpc) is 3.03. The lowest BCUT2D eigenvalue weighted by Crippen LogP contribution is -2.36. The Kier molecular flexibility index (Phi) is 6.71. The molecule has 0 amide bonds. The highest BCUT2D eigenvalue weighted by molar-refractivity contribution is 7.10. The van der Waals surface area contributed by atoms with Crippen molar-refractivity contribution in [3.63, 3.8) is 0 Å². The Morgan fingerprint density at radius 3 is 2.76 bits per heavy atom. The molecule has 1 unspecified atom stereocenters. The molecule has 1 atom stereocenters. The number of carbonyl (C=O) groups excluding carboxylic acids is 1. The van der Waals surface area contributed by atoms with Crippen LogP contribution in [0.25, 0.3) is 0 Å². The van der Waals surface area contributed by atoms with Gasteiger partial charge in [0.25, 0.3) is 0 Å². The van der Waals surface area contributed by atoms with Crippen molar-refractivity contribution >= 4 is 17.3 Å². The molecule has 118 valence electrons. The van der Waals surface area contributed by atoms with Crippen molar-refractivity contribution < 1.29 is 9.53 Å². The van der Waals surface area contributed by atoms with Gasteiger partial charge in [0.05, 0.1) is 19.6 Å². The molecule has 0 aromatic carbocycles. The van der Waals surface area contributed by atoms with Gasteiger partial charge in [0.2, 0.25) is 0 Å². The van der Waals surface area contributed by atoms with E-state index in [9.17, 15) is 4.79 Å². The van der Waals surface area contributed by atoms with Crippen LogP contribution in [0.2, 0.25) is 0 Å². The summed E-state index contributed by atoms with van der Waals surface area (Å²) in [5, 5.41) is 5.76. The zero-order valence-electron chi connectivity index (χ0n) is 13.1. The van der Waals surface area contributed by atoms with Crippen molar-refractivity contribution in [2.75, 3.05) is 7.11 Å². The van der Waals surface area contributed by atoms with Gasteiger partial charge in [0.15, 0.2) is 0 Å². The second-order valence-electron chi connectivity index (χ2n) is 6.02. The first-order valence-electron chi connectivity index (χ1n) is 8.09. The summed E-state index contributed by atoms with van der Waals surface area (Å²) in [6.07, 6.45) is 8.18. The number of rotatable bonds is 7. The minimum Gasteiger partial charge on any atom is -0.469 e. The maximum atomic E-state index is 11.6. The maximum absolute atomic E-state index is 11.6. The minimum absolute atomic E-state index is 0.102. The Hall–Kier alpha value is -0.870. The third-order valence-electron chi connectivity index (χ3n) is 4.47. The van der Waals surface area contributed by atoms with Crippen molar-refractivity contribution in [2.24, 2.45) is 5.92 Å². The van der Waals surface area contributed by atoms with E-state index in [-0.39, 0.29) is 12.0 Å². The van der Waals surface area contributed by atoms with Crippen LogP contribution in [0.15, 0.2) is 17.5 Å². The Bertz CT molecular complexity index is 410. The van der Waals surface area contributed by atoms with Crippen LogP contribution in [0.5, 0.6) is 0 Å². The number of nitrogens with one attached hydrogen (secondary N) is 1. The van der Waals surface area contributed by atoms with Crippen molar-refractivity contribution in [3.05, 3.63) is 22.4 Å². The number of carbonyl (C=O) groups is 1. The standard InChI is InChI=1S/C17H27NO2S/c1-3-5-13-7-9-14(10-8-13)18-15(12-17(19)20-2)16-6-4-11-21-16/h4,6,11,13-15,18H,3,5,7-10,12H2,1-2H3. The molecule has 1 heterocycles. The Morgan fingerprint density at radius 2 is 2.19 bits per heavy atom. The molecule has 0 spiro atoms. The van der Waals surface area contributed by atoms with E-state index in [4.69, 9.17) is 4.74 Å². The SMILES string of the molecule is CCCC1CCC(NC(CC(=O)OC)c2cccs2)CC1. The molecule has 1 aromatic rings. The number of thiophene rings is 1. The number of hydrogen-bond acceptors (Lipinski definition) is 4. The lowest BCUT2D eigenvalue weighted by molar-refractivity contribution is -0.141. The summed E-state index contributed by atoms with van der Waals surface area (Å²) in [6.45, 7) is 2.27. The van der Waals surface area contributed by atoms with E-state index in [1.807, 2.05) is 6.07 Å². The highest BCUT2D eigenvalue weighted by Crippen LogP contribution is 2.30.